The maximum Gasteiger partial charge on any atom is 0.256 e. The molecule has 2 aliphatic rings. The van der Waals surface area contributed by atoms with Gasteiger partial charge in [-0.05, 0) is 12.1 Å². The second-order valence-electron chi connectivity index (χ2n) is 5.71. The highest BCUT2D eigenvalue weighted by atomic mass is 16.2. The van der Waals surface area contributed by atoms with Crippen LogP contribution in [0.4, 0.5) is 0 Å². The Morgan fingerprint density at radius 3 is 2.91 bits per heavy atom. The van der Waals surface area contributed by atoms with Gasteiger partial charge in [-0.1, -0.05) is 12.1 Å². The van der Waals surface area contributed by atoms with E-state index in [1.807, 2.05) is 23.1 Å². The van der Waals surface area contributed by atoms with Gasteiger partial charge >= 0.3 is 0 Å². The van der Waals surface area contributed by atoms with E-state index in [-0.39, 0.29) is 23.8 Å². The van der Waals surface area contributed by atoms with Gasteiger partial charge in [0.2, 0.25) is 5.91 Å². The molecule has 0 spiro atoms. The first-order valence-corrected chi connectivity index (χ1v) is 7.25. The van der Waals surface area contributed by atoms with Crippen LogP contribution in [0, 0.1) is 5.92 Å². The first-order valence-electron chi connectivity index (χ1n) is 7.25. The number of carbonyl (C=O) groups excluding carboxylic acids is 2. The predicted octanol–water partition coefficient (Wildman–Crippen LogP) is 0.228. The molecule has 2 fully saturated rings. The van der Waals surface area contributed by atoms with E-state index >= 15 is 0 Å². The molecular formula is C15H15N5O2. The minimum atomic E-state index is -0.0326. The number of carbonyl (C=O) groups is 2. The number of para-hydroxylation sites is 1. The Hall–Kier alpha value is -2.70. The molecule has 0 radical (unpaired) electrons. The van der Waals surface area contributed by atoms with Crippen molar-refractivity contribution in [3.63, 3.8) is 0 Å². The van der Waals surface area contributed by atoms with Gasteiger partial charge in [0, 0.05) is 25.4 Å². The molecule has 1 aromatic heterocycles. The smallest absolute Gasteiger partial charge is 0.256 e. The van der Waals surface area contributed by atoms with Crippen LogP contribution < -0.4 is 5.32 Å². The van der Waals surface area contributed by atoms with Gasteiger partial charge in [0.05, 0.1) is 17.3 Å². The third-order valence-electron chi connectivity index (χ3n) is 4.32. The molecule has 2 atom stereocenters. The van der Waals surface area contributed by atoms with Crippen molar-refractivity contribution < 1.29 is 9.59 Å². The number of aromatic nitrogens is 3. The summed E-state index contributed by atoms with van der Waals surface area (Å²) in [6.45, 7) is 1.19. The lowest BCUT2D eigenvalue weighted by Gasteiger charge is -2.19. The Bertz CT molecular complexity index is 711. The monoisotopic (exact) mass is 297 g/mol. The number of amides is 2. The van der Waals surface area contributed by atoms with Gasteiger partial charge in [-0.3, -0.25) is 9.59 Å². The van der Waals surface area contributed by atoms with Gasteiger partial charge in [-0.25, -0.2) is 9.67 Å². The molecule has 3 heterocycles. The fourth-order valence-electron chi connectivity index (χ4n) is 3.27. The van der Waals surface area contributed by atoms with Crippen LogP contribution in [0.15, 0.2) is 36.9 Å². The normalized spacial score (nSPS) is 23.5. The van der Waals surface area contributed by atoms with Gasteiger partial charge < -0.3 is 10.2 Å². The lowest BCUT2D eigenvalue weighted by atomic mass is 10.1. The van der Waals surface area contributed by atoms with Crippen molar-refractivity contribution in [2.75, 3.05) is 13.1 Å². The highest BCUT2D eigenvalue weighted by Crippen LogP contribution is 2.27. The van der Waals surface area contributed by atoms with Gasteiger partial charge in [-0.2, -0.15) is 5.10 Å². The minimum Gasteiger partial charge on any atom is -0.351 e. The summed E-state index contributed by atoms with van der Waals surface area (Å²) in [6, 6.07) is 7.45. The van der Waals surface area contributed by atoms with Crippen LogP contribution in [0.3, 0.4) is 0 Å². The summed E-state index contributed by atoms with van der Waals surface area (Å²) >= 11 is 0. The molecule has 0 unspecified atom stereocenters. The number of nitrogens with zero attached hydrogens (tertiary/aromatic N) is 4. The number of rotatable bonds is 2. The summed E-state index contributed by atoms with van der Waals surface area (Å²) in [5.74, 6) is 0.287. The Kier molecular flexibility index (Phi) is 2.92. The molecule has 112 valence electrons. The van der Waals surface area contributed by atoms with Crippen LogP contribution in [-0.2, 0) is 4.79 Å². The first-order chi connectivity index (χ1) is 10.7. The van der Waals surface area contributed by atoms with Crippen molar-refractivity contribution >= 4 is 11.8 Å². The van der Waals surface area contributed by atoms with Crippen molar-refractivity contribution in [1.29, 1.82) is 0 Å². The molecule has 2 aliphatic heterocycles. The molecule has 7 heteroatoms. The molecule has 2 saturated heterocycles. The van der Waals surface area contributed by atoms with E-state index < -0.39 is 0 Å². The fraction of sp³-hybridized carbons (Fsp3) is 0.333. The number of fused-ring (bicyclic) bond motifs is 1. The SMILES string of the molecule is O=C1C[C@H]2CN(C(=O)c3ccccc3-n3cncn3)C[C@H]2N1. The van der Waals surface area contributed by atoms with Gasteiger partial charge in [0.1, 0.15) is 12.7 Å². The van der Waals surface area contributed by atoms with Gasteiger partial charge in [-0.15, -0.1) is 0 Å². The summed E-state index contributed by atoms with van der Waals surface area (Å²) in [5, 5.41) is 7.04. The third kappa shape index (κ3) is 2.05. The standard InChI is InChI=1S/C15H15N5O2/c21-14-5-10-6-19(7-12(10)18-14)15(22)11-3-1-2-4-13(11)20-9-16-8-17-20/h1-4,8-10,12H,5-7H2,(H,18,21)/t10-,12+/m0/s1. The highest BCUT2D eigenvalue weighted by Gasteiger charge is 2.42. The molecule has 22 heavy (non-hydrogen) atoms. The Balaban J connectivity index is 1.61. The molecule has 1 N–H and O–H groups in total. The molecule has 0 aliphatic carbocycles. The van der Waals surface area contributed by atoms with Crippen molar-refractivity contribution in [3.8, 4) is 5.69 Å². The zero-order valence-corrected chi connectivity index (χ0v) is 11.8. The molecular weight excluding hydrogens is 282 g/mol. The van der Waals surface area contributed by atoms with E-state index in [0.717, 1.165) is 0 Å². The average Bonchev–Trinajstić information content (AvgIpc) is 3.22. The summed E-state index contributed by atoms with van der Waals surface area (Å²) in [5.41, 5.74) is 1.31. The minimum absolute atomic E-state index is 0.0326. The fourth-order valence-corrected chi connectivity index (χ4v) is 3.27. The van der Waals surface area contributed by atoms with Crippen LogP contribution in [0.25, 0.3) is 5.69 Å². The van der Waals surface area contributed by atoms with Crippen LogP contribution in [0.1, 0.15) is 16.8 Å². The Morgan fingerprint density at radius 1 is 1.27 bits per heavy atom. The number of hydrogen-bond donors (Lipinski definition) is 1. The van der Waals surface area contributed by atoms with E-state index in [9.17, 15) is 9.59 Å². The molecule has 0 bridgehead atoms. The number of benzene rings is 1. The second kappa shape index (κ2) is 4.94. The van der Waals surface area contributed by atoms with E-state index in [1.165, 1.54) is 6.33 Å². The largest absolute Gasteiger partial charge is 0.351 e. The summed E-state index contributed by atoms with van der Waals surface area (Å²) < 4.78 is 1.59. The quantitative estimate of drug-likeness (QED) is 0.860. The lowest BCUT2D eigenvalue weighted by Crippen LogP contribution is -2.35. The molecule has 0 saturated carbocycles. The van der Waals surface area contributed by atoms with Crippen molar-refractivity contribution in [2.24, 2.45) is 5.92 Å². The number of hydrogen-bond acceptors (Lipinski definition) is 4. The predicted molar refractivity (Wildman–Crippen MR) is 77.3 cm³/mol. The van der Waals surface area contributed by atoms with Gasteiger partial charge in [0.15, 0.2) is 0 Å². The van der Waals surface area contributed by atoms with Crippen molar-refractivity contribution in [1.82, 2.24) is 25.0 Å². The van der Waals surface area contributed by atoms with E-state index in [1.54, 1.807) is 17.1 Å². The average molecular weight is 297 g/mol. The molecule has 7 nitrogen and oxygen atoms in total. The van der Waals surface area contributed by atoms with E-state index in [0.29, 0.717) is 30.8 Å². The molecule has 2 amide bonds. The Labute approximate surface area is 126 Å². The summed E-state index contributed by atoms with van der Waals surface area (Å²) in [7, 11) is 0. The second-order valence-corrected chi connectivity index (χ2v) is 5.71. The van der Waals surface area contributed by atoms with Gasteiger partial charge in [0.25, 0.3) is 5.91 Å². The van der Waals surface area contributed by atoms with Crippen LogP contribution in [-0.4, -0.2) is 50.6 Å². The summed E-state index contributed by atoms with van der Waals surface area (Å²) in [4.78, 5) is 29.9. The molecule has 1 aromatic carbocycles. The zero-order valence-electron chi connectivity index (χ0n) is 11.8. The van der Waals surface area contributed by atoms with E-state index in [4.69, 9.17) is 0 Å². The van der Waals surface area contributed by atoms with Crippen molar-refractivity contribution in [3.05, 3.63) is 42.5 Å². The van der Waals surface area contributed by atoms with Crippen LogP contribution in [0.5, 0.6) is 0 Å². The zero-order chi connectivity index (χ0) is 15.1. The summed E-state index contributed by atoms with van der Waals surface area (Å²) in [6.07, 6.45) is 3.53. The van der Waals surface area contributed by atoms with Crippen LogP contribution in [0.2, 0.25) is 0 Å². The number of likely N-dealkylation sites (tertiary alicyclic amines) is 1. The third-order valence-corrected chi connectivity index (χ3v) is 4.32. The maximum atomic E-state index is 12.8. The van der Waals surface area contributed by atoms with Crippen molar-refractivity contribution in [2.45, 2.75) is 12.5 Å². The maximum absolute atomic E-state index is 12.8. The lowest BCUT2D eigenvalue weighted by molar-refractivity contribution is -0.119. The number of nitrogens with one attached hydrogen (secondary N) is 1. The molecule has 2 aromatic rings. The topological polar surface area (TPSA) is 80.1 Å². The van der Waals surface area contributed by atoms with Crippen LogP contribution >= 0.6 is 0 Å². The van der Waals surface area contributed by atoms with E-state index in [2.05, 4.69) is 15.4 Å². The highest BCUT2D eigenvalue weighted by molar-refractivity contribution is 5.98. The Morgan fingerprint density at radius 2 is 2.14 bits per heavy atom. The first kappa shape index (κ1) is 13.0. The molecule has 4 rings (SSSR count).